The average molecular weight is 287 g/mol. The molecule has 0 fully saturated rings. The largest absolute Gasteiger partial charge is 0.496 e. The summed E-state index contributed by atoms with van der Waals surface area (Å²) >= 11 is 3.39. The minimum Gasteiger partial charge on any atom is -0.496 e. The Morgan fingerprint density at radius 2 is 2.12 bits per heavy atom. The molecule has 4 heteroatoms. The maximum Gasteiger partial charge on any atom is 0.307 e. The van der Waals surface area contributed by atoms with Gasteiger partial charge in [-0.3, -0.25) is 4.79 Å². The summed E-state index contributed by atoms with van der Waals surface area (Å²) in [5, 5.41) is 8.84. The molecule has 1 aromatic carbocycles. The third-order valence-electron chi connectivity index (χ3n) is 2.33. The van der Waals surface area contributed by atoms with Gasteiger partial charge in [0.25, 0.3) is 0 Å². The van der Waals surface area contributed by atoms with Crippen LogP contribution in [-0.2, 0) is 11.2 Å². The van der Waals surface area contributed by atoms with E-state index in [2.05, 4.69) is 29.8 Å². The second-order valence-electron chi connectivity index (χ2n) is 3.91. The van der Waals surface area contributed by atoms with Crippen molar-refractivity contribution in [3.63, 3.8) is 0 Å². The van der Waals surface area contributed by atoms with E-state index in [1.807, 2.05) is 6.07 Å². The lowest BCUT2D eigenvalue weighted by Crippen LogP contribution is -2.05. The number of benzene rings is 1. The molecule has 0 aliphatic heterocycles. The molecule has 16 heavy (non-hydrogen) atoms. The smallest absolute Gasteiger partial charge is 0.307 e. The molecule has 0 unspecified atom stereocenters. The second-order valence-corrected chi connectivity index (χ2v) is 4.83. The Balaban J connectivity index is 3.29. The van der Waals surface area contributed by atoms with Crippen molar-refractivity contribution in [3.05, 3.63) is 27.7 Å². The molecule has 0 spiro atoms. The third kappa shape index (κ3) is 2.98. The van der Waals surface area contributed by atoms with Crippen LogP contribution in [0.4, 0.5) is 0 Å². The molecule has 0 atom stereocenters. The first-order valence-corrected chi connectivity index (χ1v) is 5.83. The number of halogens is 1. The van der Waals surface area contributed by atoms with Crippen LogP contribution in [0.15, 0.2) is 16.6 Å². The fourth-order valence-electron chi connectivity index (χ4n) is 1.65. The lowest BCUT2D eigenvalue weighted by atomic mass is 9.98. The number of carboxylic acid groups (broad SMARTS) is 1. The van der Waals surface area contributed by atoms with E-state index in [9.17, 15) is 4.79 Å². The summed E-state index contributed by atoms with van der Waals surface area (Å²) in [5.74, 6) is 0.117. The van der Waals surface area contributed by atoms with Crippen LogP contribution in [-0.4, -0.2) is 18.2 Å². The molecule has 88 valence electrons. The van der Waals surface area contributed by atoms with Crippen LogP contribution < -0.4 is 4.74 Å². The normalized spacial score (nSPS) is 10.6. The number of methoxy groups -OCH3 is 1. The molecule has 0 amide bonds. The van der Waals surface area contributed by atoms with Crippen molar-refractivity contribution in [3.8, 4) is 5.75 Å². The number of hydrogen-bond donors (Lipinski definition) is 1. The summed E-state index contributed by atoms with van der Waals surface area (Å²) in [6, 6.07) is 3.76. The lowest BCUT2D eigenvalue weighted by molar-refractivity contribution is -0.136. The maximum absolute atomic E-state index is 10.8. The minimum atomic E-state index is -0.855. The SMILES string of the molecule is COc1c(CC(=O)O)cc(Br)cc1C(C)C. The van der Waals surface area contributed by atoms with Gasteiger partial charge >= 0.3 is 5.97 Å². The van der Waals surface area contributed by atoms with Crippen LogP contribution in [0.1, 0.15) is 30.9 Å². The van der Waals surface area contributed by atoms with Crippen molar-refractivity contribution in [1.29, 1.82) is 0 Å². The van der Waals surface area contributed by atoms with E-state index in [1.165, 1.54) is 0 Å². The van der Waals surface area contributed by atoms with Gasteiger partial charge < -0.3 is 9.84 Å². The van der Waals surface area contributed by atoms with Gasteiger partial charge in [0.05, 0.1) is 13.5 Å². The summed E-state index contributed by atoms with van der Waals surface area (Å²) in [7, 11) is 1.57. The topological polar surface area (TPSA) is 46.5 Å². The van der Waals surface area contributed by atoms with Gasteiger partial charge in [0.1, 0.15) is 5.75 Å². The Bertz CT molecular complexity index is 399. The Labute approximate surface area is 104 Å². The minimum absolute atomic E-state index is 0.0255. The molecule has 3 nitrogen and oxygen atoms in total. The summed E-state index contributed by atoms with van der Waals surface area (Å²) < 4.78 is 6.19. The van der Waals surface area contributed by atoms with Crippen LogP contribution in [0, 0.1) is 0 Å². The average Bonchev–Trinajstić information content (AvgIpc) is 2.15. The highest BCUT2D eigenvalue weighted by Crippen LogP contribution is 2.33. The van der Waals surface area contributed by atoms with Crippen molar-refractivity contribution < 1.29 is 14.6 Å². The summed E-state index contributed by atoms with van der Waals surface area (Å²) in [4.78, 5) is 10.8. The molecule has 1 N–H and O–H groups in total. The predicted molar refractivity (Wildman–Crippen MR) is 66.1 cm³/mol. The molecule has 0 heterocycles. The highest BCUT2D eigenvalue weighted by Gasteiger charge is 2.15. The van der Waals surface area contributed by atoms with Gasteiger partial charge in [-0.2, -0.15) is 0 Å². The molecule has 1 aromatic rings. The van der Waals surface area contributed by atoms with E-state index in [0.29, 0.717) is 17.2 Å². The first kappa shape index (κ1) is 13.0. The second kappa shape index (κ2) is 5.34. The van der Waals surface area contributed by atoms with Gasteiger partial charge in [0, 0.05) is 10.0 Å². The quantitative estimate of drug-likeness (QED) is 0.925. The Kier molecular flexibility index (Phi) is 4.35. The third-order valence-corrected chi connectivity index (χ3v) is 2.78. The van der Waals surface area contributed by atoms with Crippen LogP contribution >= 0.6 is 15.9 Å². The summed E-state index contributed by atoms with van der Waals surface area (Å²) in [6.07, 6.45) is -0.0255. The number of rotatable bonds is 4. The van der Waals surface area contributed by atoms with Gasteiger partial charge in [0.2, 0.25) is 0 Å². The fraction of sp³-hybridized carbons (Fsp3) is 0.417. The monoisotopic (exact) mass is 286 g/mol. The number of ether oxygens (including phenoxy) is 1. The first-order valence-electron chi connectivity index (χ1n) is 5.03. The molecule has 0 aromatic heterocycles. The van der Waals surface area contributed by atoms with Gasteiger partial charge in [-0.1, -0.05) is 29.8 Å². The number of aliphatic carboxylic acids is 1. The van der Waals surface area contributed by atoms with Crippen molar-refractivity contribution >= 4 is 21.9 Å². The Hall–Kier alpha value is -1.03. The van der Waals surface area contributed by atoms with E-state index >= 15 is 0 Å². The van der Waals surface area contributed by atoms with Gasteiger partial charge in [-0.15, -0.1) is 0 Å². The van der Waals surface area contributed by atoms with Crippen molar-refractivity contribution in [2.24, 2.45) is 0 Å². The van der Waals surface area contributed by atoms with E-state index in [1.54, 1.807) is 13.2 Å². The zero-order chi connectivity index (χ0) is 12.3. The molecule has 0 bridgehead atoms. The first-order chi connectivity index (χ1) is 7.45. The van der Waals surface area contributed by atoms with Crippen LogP contribution in [0.2, 0.25) is 0 Å². The van der Waals surface area contributed by atoms with Crippen molar-refractivity contribution in [2.75, 3.05) is 7.11 Å². The standard InChI is InChI=1S/C12H15BrO3/c1-7(2)10-6-9(13)4-8(5-11(14)15)12(10)16-3/h4,6-7H,5H2,1-3H3,(H,14,15). The lowest BCUT2D eigenvalue weighted by Gasteiger charge is -2.16. The van der Waals surface area contributed by atoms with Crippen LogP contribution in [0.3, 0.4) is 0 Å². The number of carbonyl (C=O) groups is 1. The number of carboxylic acids is 1. The molecule has 0 aliphatic rings. The van der Waals surface area contributed by atoms with Crippen molar-refractivity contribution in [2.45, 2.75) is 26.2 Å². The Morgan fingerprint density at radius 3 is 2.56 bits per heavy atom. The molecule has 0 saturated carbocycles. The highest BCUT2D eigenvalue weighted by atomic mass is 79.9. The van der Waals surface area contributed by atoms with Gasteiger partial charge in [0.15, 0.2) is 0 Å². The summed E-state index contributed by atoms with van der Waals surface area (Å²) in [6.45, 7) is 4.10. The molecule has 1 rings (SSSR count). The predicted octanol–water partition coefficient (Wildman–Crippen LogP) is 3.21. The van der Waals surface area contributed by atoms with Gasteiger partial charge in [-0.05, 0) is 23.6 Å². The van der Waals surface area contributed by atoms with Crippen molar-refractivity contribution in [1.82, 2.24) is 0 Å². The number of hydrogen-bond acceptors (Lipinski definition) is 2. The molecule has 0 radical (unpaired) electrons. The van der Waals surface area contributed by atoms with E-state index in [4.69, 9.17) is 9.84 Å². The van der Waals surface area contributed by atoms with Crippen LogP contribution in [0.5, 0.6) is 5.75 Å². The maximum atomic E-state index is 10.8. The molecule has 0 aliphatic carbocycles. The molecular weight excluding hydrogens is 272 g/mol. The van der Waals surface area contributed by atoms with E-state index in [-0.39, 0.29) is 6.42 Å². The fourth-order valence-corrected chi connectivity index (χ4v) is 2.17. The van der Waals surface area contributed by atoms with Gasteiger partial charge in [-0.25, -0.2) is 0 Å². The molecular formula is C12H15BrO3. The van der Waals surface area contributed by atoms with E-state index in [0.717, 1.165) is 10.0 Å². The highest BCUT2D eigenvalue weighted by molar-refractivity contribution is 9.10. The Morgan fingerprint density at radius 1 is 1.50 bits per heavy atom. The molecule has 0 saturated heterocycles. The zero-order valence-corrected chi connectivity index (χ0v) is 11.2. The van der Waals surface area contributed by atoms with E-state index < -0.39 is 5.97 Å². The zero-order valence-electron chi connectivity index (χ0n) is 9.58. The van der Waals surface area contributed by atoms with Crippen LogP contribution in [0.25, 0.3) is 0 Å². The summed E-state index contributed by atoms with van der Waals surface area (Å²) in [5.41, 5.74) is 1.72.